The molecule has 7 heteroatoms. The van der Waals surface area contributed by atoms with Gasteiger partial charge >= 0.3 is 5.97 Å². The number of carbonyl (C=O) groups is 1. The summed E-state index contributed by atoms with van der Waals surface area (Å²) in [5, 5.41) is 16.6. The van der Waals surface area contributed by atoms with E-state index < -0.39 is 5.97 Å². The van der Waals surface area contributed by atoms with E-state index in [2.05, 4.69) is 10.2 Å². The number of aliphatic carboxylic acids is 1. The van der Waals surface area contributed by atoms with E-state index in [1.54, 1.807) is 17.0 Å². The molecule has 0 amide bonds. The third kappa shape index (κ3) is 3.41. The highest BCUT2D eigenvalue weighted by Crippen LogP contribution is 2.18. The summed E-state index contributed by atoms with van der Waals surface area (Å²) in [6.07, 6.45) is 1.52. The minimum atomic E-state index is -0.889. The van der Waals surface area contributed by atoms with Gasteiger partial charge in [0.2, 0.25) is 5.89 Å². The van der Waals surface area contributed by atoms with Crippen LogP contribution in [0.4, 0.5) is 0 Å². The van der Waals surface area contributed by atoms with Crippen molar-refractivity contribution in [1.82, 2.24) is 15.1 Å². The molecule has 0 aliphatic rings. The van der Waals surface area contributed by atoms with Crippen LogP contribution < -0.4 is 0 Å². The molecule has 0 bridgehead atoms. The third-order valence-electron chi connectivity index (χ3n) is 2.61. The molecule has 2 aromatic heterocycles. The van der Waals surface area contributed by atoms with Gasteiger partial charge in [0, 0.05) is 6.04 Å². The Balaban J connectivity index is 2.08. The number of carboxylic acids is 1. The Morgan fingerprint density at radius 3 is 2.84 bits per heavy atom. The van der Waals surface area contributed by atoms with E-state index in [1.807, 2.05) is 13.8 Å². The van der Waals surface area contributed by atoms with Gasteiger partial charge in [-0.1, -0.05) is 0 Å². The van der Waals surface area contributed by atoms with Gasteiger partial charge in [0.15, 0.2) is 5.76 Å². The summed E-state index contributed by atoms with van der Waals surface area (Å²) in [5.74, 6) is 0.257. The normalized spacial score (nSPS) is 11.4. The molecule has 1 N–H and O–H groups in total. The van der Waals surface area contributed by atoms with Crippen LogP contribution in [-0.4, -0.2) is 38.8 Å². The number of rotatable bonds is 6. The summed E-state index contributed by atoms with van der Waals surface area (Å²) in [7, 11) is 0. The first kappa shape index (κ1) is 13.3. The molecular weight excluding hydrogens is 250 g/mol. The van der Waals surface area contributed by atoms with Crippen molar-refractivity contribution in [2.24, 2.45) is 0 Å². The smallest absolute Gasteiger partial charge is 0.317 e. The van der Waals surface area contributed by atoms with Crippen molar-refractivity contribution in [2.45, 2.75) is 26.4 Å². The van der Waals surface area contributed by atoms with E-state index >= 15 is 0 Å². The van der Waals surface area contributed by atoms with Crippen molar-refractivity contribution < 1.29 is 18.7 Å². The van der Waals surface area contributed by atoms with E-state index in [-0.39, 0.29) is 19.1 Å². The van der Waals surface area contributed by atoms with Crippen molar-refractivity contribution >= 4 is 5.97 Å². The number of furan rings is 1. The number of hydrogen-bond acceptors (Lipinski definition) is 6. The highest BCUT2D eigenvalue weighted by molar-refractivity contribution is 5.69. The predicted molar refractivity (Wildman–Crippen MR) is 65.2 cm³/mol. The summed E-state index contributed by atoms with van der Waals surface area (Å²) >= 11 is 0. The van der Waals surface area contributed by atoms with Crippen molar-refractivity contribution in [3.63, 3.8) is 0 Å². The molecule has 0 saturated carbocycles. The van der Waals surface area contributed by atoms with Crippen LogP contribution in [0.25, 0.3) is 11.7 Å². The molecule has 0 saturated heterocycles. The molecular formula is C12H15N3O4. The first-order valence-corrected chi connectivity index (χ1v) is 5.88. The highest BCUT2D eigenvalue weighted by atomic mass is 16.4. The molecule has 0 radical (unpaired) electrons. The van der Waals surface area contributed by atoms with Gasteiger partial charge in [-0.05, 0) is 26.0 Å². The molecule has 0 atom stereocenters. The van der Waals surface area contributed by atoms with Crippen LogP contribution in [0, 0.1) is 0 Å². The molecule has 2 aromatic rings. The lowest BCUT2D eigenvalue weighted by atomic mass is 10.3. The fraction of sp³-hybridized carbons (Fsp3) is 0.417. The van der Waals surface area contributed by atoms with Gasteiger partial charge < -0.3 is 13.9 Å². The Kier molecular flexibility index (Phi) is 3.96. The maximum Gasteiger partial charge on any atom is 0.317 e. The zero-order valence-electron chi connectivity index (χ0n) is 10.7. The van der Waals surface area contributed by atoms with Crippen LogP contribution in [0.15, 0.2) is 27.2 Å². The predicted octanol–water partition coefficient (Wildman–Crippen LogP) is 1.62. The maximum absolute atomic E-state index is 10.8. The molecule has 102 valence electrons. The lowest BCUT2D eigenvalue weighted by Gasteiger charge is -2.22. The molecule has 0 aliphatic carbocycles. The highest BCUT2D eigenvalue weighted by Gasteiger charge is 2.18. The fourth-order valence-corrected chi connectivity index (χ4v) is 1.59. The molecule has 0 spiro atoms. The molecule has 0 aliphatic heterocycles. The molecule has 2 rings (SSSR count). The Morgan fingerprint density at radius 2 is 2.26 bits per heavy atom. The van der Waals surface area contributed by atoms with E-state index in [4.69, 9.17) is 13.9 Å². The van der Waals surface area contributed by atoms with E-state index in [0.29, 0.717) is 17.5 Å². The monoisotopic (exact) mass is 265 g/mol. The SMILES string of the molecule is CC(C)N(CC(=O)O)Cc1nnc(-c2ccco2)o1. The molecule has 0 unspecified atom stereocenters. The number of aromatic nitrogens is 2. The van der Waals surface area contributed by atoms with Crippen LogP contribution >= 0.6 is 0 Å². The van der Waals surface area contributed by atoms with E-state index in [1.165, 1.54) is 6.26 Å². The Hall–Kier alpha value is -2.15. The summed E-state index contributed by atoms with van der Waals surface area (Å²) in [6.45, 7) is 4.04. The number of hydrogen-bond donors (Lipinski definition) is 1. The summed E-state index contributed by atoms with van der Waals surface area (Å²) in [6, 6.07) is 3.51. The second-order valence-electron chi connectivity index (χ2n) is 4.37. The zero-order valence-corrected chi connectivity index (χ0v) is 10.7. The second-order valence-corrected chi connectivity index (χ2v) is 4.37. The average molecular weight is 265 g/mol. The minimum Gasteiger partial charge on any atom is -0.480 e. The van der Waals surface area contributed by atoms with E-state index in [9.17, 15) is 4.79 Å². The lowest BCUT2D eigenvalue weighted by Crippen LogP contribution is -2.35. The molecule has 2 heterocycles. The van der Waals surface area contributed by atoms with Crippen molar-refractivity contribution in [2.75, 3.05) is 6.54 Å². The van der Waals surface area contributed by atoms with Gasteiger partial charge in [0.1, 0.15) is 0 Å². The summed E-state index contributed by atoms with van der Waals surface area (Å²) in [4.78, 5) is 12.5. The van der Waals surface area contributed by atoms with Crippen LogP contribution in [0.2, 0.25) is 0 Å². The van der Waals surface area contributed by atoms with Gasteiger partial charge in [0.25, 0.3) is 5.89 Å². The second kappa shape index (κ2) is 5.66. The van der Waals surface area contributed by atoms with Crippen LogP contribution in [0.5, 0.6) is 0 Å². The Morgan fingerprint density at radius 1 is 1.47 bits per heavy atom. The van der Waals surface area contributed by atoms with Gasteiger partial charge in [-0.25, -0.2) is 0 Å². The molecule has 0 aromatic carbocycles. The van der Waals surface area contributed by atoms with Crippen LogP contribution in [0.3, 0.4) is 0 Å². The quantitative estimate of drug-likeness (QED) is 0.848. The van der Waals surface area contributed by atoms with Crippen LogP contribution in [-0.2, 0) is 11.3 Å². The van der Waals surface area contributed by atoms with Gasteiger partial charge in [-0.15, -0.1) is 10.2 Å². The Labute approximate surface area is 109 Å². The first-order chi connectivity index (χ1) is 9.06. The fourth-order valence-electron chi connectivity index (χ4n) is 1.59. The van der Waals surface area contributed by atoms with Gasteiger partial charge in [0.05, 0.1) is 19.4 Å². The number of carboxylic acid groups (broad SMARTS) is 1. The molecule has 19 heavy (non-hydrogen) atoms. The van der Waals surface area contributed by atoms with Crippen LogP contribution in [0.1, 0.15) is 19.7 Å². The van der Waals surface area contributed by atoms with Gasteiger partial charge in [-0.3, -0.25) is 9.69 Å². The molecule has 7 nitrogen and oxygen atoms in total. The van der Waals surface area contributed by atoms with Crippen molar-refractivity contribution in [3.8, 4) is 11.7 Å². The van der Waals surface area contributed by atoms with Crippen molar-refractivity contribution in [3.05, 3.63) is 24.3 Å². The third-order valence-corrected chi connectivity index (χ3v) is 2.61. The zero-order chi connectivity index (χ0) is 13.8. The summed E-state index contributed by atoms with van der Waals surface area (Å²) < 4.78 is 10.6. The molecule has 0 fully saturated rings. The largest absolute Gasteiger partial charge is 0.480 e. The maximum atomic E-state index is 10.8. The first-order valence-electron chi connectivity index (χ1n) is 5.88. The average Bonchev–Trinajstić information content (AvgIpc) is 2.97. The minimum absolute atomic E-state index is 0.0649. The standard InChI is InChI=1S/C12H15N3O4/c1-8(2)15(7-11(16)17)6-10-13-14-12(19-10)9-4-3-5-18-9/h3-5,8H,6-7H2,1-2H3,(H,16,17). The lowest BCUT2D eigenvalue weighted by molar-refractivity contribution is -0.139. The Bertz CT molecular complexity index is 533. The van der Waals surface area contributed by atoms with Crippen molar-refractivity contribution in [1.29, 1.82) is 0 Å². The number of nitrogens with zero attached hydrogens (tertiary/aromatic N) is 3. The van der Waals surface area contributed by atoms with E-state index in [0.717, 1.165) is 0 Å². The topological polar surface area (TPSA) is 92.6 Å². The summed E-state index contributed by atoms with van der Waals surface area (Å²) in [5.41, 5.74) is 0. The van der Waals surface area contributed by atoms with Gasteiger partial charge in [-0.2, -0.15) is 0 Å².